The minimum atomic E-state index is 0.0238. The Labute approximate surface area is 176 Å². The Morgan fingerprint density at radius 3 is 2.45 bits per heavy atom. The van der Waals surface area contributed by atoms with E-state index in [1.165, 1.54) is 22.5 Å². The minimum absolute atomic E-state index is 0.0238. The molecule has 0 saturated heterocycles. The molecule has 5 nitrogen and oxygen atoms in total. The molecule has 29 heavy (non-hydrogen) atoms. The molecule has 0 aliphatic heterocycles. The molecule has 1 amide bonds. The van der Waals surface area contributed by atoms with E-state index in [1.807, 2.05) is 42.2 Å². The molecule has 0 saturated carbocycles. The highest BCUT2D eigenvalue weighted by molar-refractivity contribution is 7.12. The zero-order valence-electron chi connectivity index (χ0n) is 18.1. The second-order valence-electron chi connectivity index (χ2n) is 7.56. The van der Waals surface area contributed by atoms with Crippen molar-refractivity contribution in [3.05, 3.63) is 68.2 Å². The van der Waals surface area contributed by atoms with E-state index in [2.05, 4.69) is 38.9 Å². The lowest BCUT2D eigenvalue weighted by molar-refractivity contribution is 0.0789. The number of aryl methyl sites for hydroxylation is 4. The summed E-state index contributed by atoms with van der Waals surface area (Å²) >= 11 is 1.46. The number of thiophene rings is 1. The van der Waals surface area contributed by atoms with E-state index in [4.69, 9.17) is 4.74 Å². The molecule has 0 aliphatic carbocycles. The Morgan fingerprint density at radius 2 is 1.83 bits per heavy atom. The Hall–Kier alpha value is -2.60. The minimum Gasteiger partial charge on any atom is -0.489 e. The van der Waals surface area contributed by atoms with E-state index in [0.717, 1.165) is 39.7 Å². The Morgan fingerprint density at radius 1 is 1.14 bits per heavy atom. The highest BCUT2D eigenvalue weighted by atomic mass is 32.1. The largest absolute Gasteiger partial charge is 0.489 e. The molecule has 154 valence electrons. The number of ether oxygens (including phenoxy) is 1. The van der Waals surface area contributed by atoms with Gasteiger partial charge < -0.3 is 9.64 Å². The van der Waals surface area contributed by atoms with Crippen LogP contribution in [0, 0.1) is 27.7 Å². The van der Waals surface area contributed by atoms with Gasteiger partial charge in [0.1, 0.15) is 12.4 Å². The van der Waals surface area contributed by atoms with Crippen molar-refractivity contribution in [2.75, 3.05) is 7.05 Å². The predicted molar refractivity (Wildman–Crippen MR) is 118 cm³/mol. The van der Waals surface area contributed by atoms with Crippen LogP contribution in [0.25, 0.3) is 0 Å². The molecule has 3 aromatic rings. The van der Waals surface area contributed by atoms with Crippen molar-refractivity contribution in [3.8, 4) is 5.75 Å². The number of aromatic nitrogens is 2. The van der Waals surface area contributed by atoms with Crippen LogP contribution >= 0.6 is 11.3 Å². The van der Waals surface area contributed by atoms with Gasteiger partial charge in [-0.15, -0.1) is 11.3 Å². The van der Waals surface area contributed by atoms with E-state index in [0.29, 0.717) is 13.2 Å². The maximum atomic E-state index is 12.9. The summed E-state index contributed by atoms with van der Waals surface area (Å²) in [6.07, 6.45) is 0. The van der Waals surface area contributed by atoms with Crippen molar-refractivity contribution in [2.45, 2.75) is 54.3 Å². The molecule has 3 rings (SSSR count). The maximum absolute atomic E-state index is 12.9. The Bertz CT molecular complexity index is 999. The summed E-state index contributed by atoms with van der Waals surface area (Å²) in [6.45, 7) is 12.1. The van der Waals surface area contributed by atoms with E-state index in [-0.39, 0.29) is 5.91 Å². The molecule has 0 radical (unpaired) electrons. The number of benzene rings is 1. The van der Waals surface area contributed by atoms with Gasteiger partial charge in [-0.25, -0.2) is 0 Å². The molecule has 2 aromatic heterocycles. The van der Waals surface area contributed by atoms with Crippen molar-refractivity contribution in [1.29, 1.82) is 0 Å². The number of hydrogen-bond acceptors (Lipinski definition) is 4. The Kier molecular flexibility index (Phi) is 6.42. The molecule has 0 spiro atoms. The Balaban J connectivity index is 1.64. The topological polar surface area (TPSA) is 47.4 Å². The number of amides is 1. The van der Waals surface area contributed by atoms with Gasteiger partial charge in [-0.3, -0.25) is 9.48 Å². The van der Waals surface area contributed by atoms with E-state index >= 15 is 0 Å². The summed E-state index contributed by atoms with van der Waals surface area (Å²) in [5.74, 6) is 0.883. The normalized spacial score (nSPS) is 11.0. The van der Waals surface area contributed by atoms with E-state index < -0.39 is 0 Å². The number of rotatable bonds is 7. The van der Waals surface area contributed by atoms with E-state index in [1.54, 1.807) is 4.90 Å². The molecule has 6 heteroatoms. The van der Waals surface area contributed by atoms with Gasteiger partial charge in [0.05, 0.1) is 10.6 Å². The molecule has 2 heterocycles. The molecule has 1 aromatic carbocycles. The van der Waals surface area contributed by atoms with Gasteiger partial charge in [-0.2, -0.15) is 5.10 Å². The zero-order chi connectivity index (χ0) is 21.1. The number of hydrogen-bond donors (Lipinski definition) is 0. The second kappa shape index (κ2) is 8.82. The van der Waals surface area contributed by atoms with Gasteiger partial charge in [0, 0.05) is 37.0 Å². The SMILES string of the molecule is CCn1nc(C)c(CN(C)C(=O)c2cc(COc3cc(C)cc(C)c3)cs2)c1C. The lowest BCUT2D eigenvalue weighted by Crippen LogP contribution is -2.26. The fourth-order valence-electron chi connectivity index (χ4n) is 3.51. The van der Waals surface area contributed by atoms with Crippen LogP contribution in [-0.2, 0) is 19.7 Å². The summed E-state index contributed by atoms with van der Waals surface area (Å²) in [7, 11) is 1.84. The van der Waals surface area contributed by atoms with Gasteiger partial charge in [-0.05, 0) is 69.3 Å². The first-order valence-corrected chi connectivity index (χ1v) is 10.7. The fourth-order valence-corrected chi connectivity index (χ4v) is 4.40. The summed E-state index contributed by atoms with van der Waals surface area (Å²) in [5, 5.41) is 6.54. The maximum Gasteiger partial charge on any atom is 0.263 e. The van der Waals surface area contributed by atoms with E-state index in [9.17, 15) is 4.79 Å². The van der Waals surface area contributed by atoms with Gasteiger partial charge in [0.25, 0.3) is 5.91 Å². The molecular formula is C23H29N3O2S. The number of carbonyl (C=O) groups is 1. The third-order valence-electron chi connectivity index (χ3n) is 5.04. The van der Waals surface area contributed by atoms with Crippen molar-refractivity contribution < 1.29 is 9.53 Å². The monoisotopic (exact) mass is 411 g/mol. The van der Waals surface area contributed by atoms with Crippen LogP contribution in [-0.4, -0.2) is 27.6 Å². The first-order valence-electron chi connectivity index (χ1n) is 9.85. The first kappa shape index (κ1) is 21.1. The van der Waals surface area contributed by atoms with Crippen molar-refractivity contribution in [2.24, 2.45) is 0 Å². The number of carbonyl (C=O) groups excluding carboxylic acids is 1. The van der Waals surface area contributed by atoms with Crippen LogP contribution in [0.3, 0.4) is 0 Å². The fraction of sp³-hybridized carbons (Fsp3) is 0.391. The average Bonchev–Trinajstić information content (AvgIpc) is 3.25. The molecule has 0 aliphatic rings. The summed E-state index contributed by atoms with van der Waals surface area (Å²) < 4.78 is 7.90. The third-order valence-corrected chi connectivity index (χ3v) is 6.01. The van der Waals surface area contributed by atoms with Crippen LogP contribution < -0.4 is 4.74 Å². The van der Waals surface area contributed by atoms with Crippen molar-refractivity contribution >= 4 is 17.2 Å². The van der Waals surface area contributed by atoms with Crippen LogP contribution in [0.2, 0.25) is 0 Å². The quantitative estimate of drug-likeness (QED) is 0.547. The van der Waals surface area contributed by atoms with Gasteiger partial charge >= 0.3 is 0 Å². The van der Waals surface area contributed by atoms with Crippen molar-refractivity contribution in [1.82, 2.24) is 14.7 Å². The van der Waals surface area contributed by atoms with Crippen LogP contribution in [0.4, 0.5) is 0 Å². The van der Waals surface area contributed by atoms with Crippen LogP contribution in [0.15, 0.2) is 29.6 Å². The van der Waals surface area contributed by atoms with Gasteiger partial charge in [0.15, 0.2) is 0 Å². The van der Waals surface area contributed by atoms with Crippen LogP contribution in [0.1, 0.15) is 50.2 Å². The molecule has 0 unspecified atom stereocenters. The molecule has 0 N–H and O–H groups in total. The molecule has 0 fully saturated rings. The highest BCUT2D eigenvalue weighted by Gasteiger charge is 2.18. The lowest BCUT2D eigenvalue weighted by atomic mass is 10.1. The zero-order valence-corrected chi connectivity index (χ0v) is 18.9. The summed E-state index contributed by atoms with van der Waals surface area (Å²) in [5.41, 5.74) is 6.60. The average molecular weight is 412 g/mol. The second-order valence-corrected chi connectivity index (χ2v) is 8.47. The highest BCUT2D eigenvalue weighted by Crippen LogP contribution is 2.22. The van der Waals surface area contributed by atoms with Crippen LogP contribution in [0.5, 0.6) is 5.75 Å². The van der Waals surface area contributed by atoms with Gasteiger partial charge in [0.2, 0.25) is 0 Å². The van der Waals surface area contributed by atoms with Crippen molar-refractivity contribution in [3.63, 3.8) is 0 Å². The third kappa shape index (κ3) is 4.88. The first-order chi connectivity index (χ1) is 13.8. The number of nitrogens with zero attached hydrogens (tertiary/aromatic N) is 3. The van der Waals surface area contributed by atoms with Gasteiger partial charge in [-0.1, -0.05) is 6.07 Å². The molecular weight excluding hydrogens is 382 g/mol. The summed E-state index contributed by atoms with van der Waals surface area (Å²) in [4.78, 5) is 15.4. The molecule has 0 bridgehead atoms. The summed E-state index contributed by atoms with van der Waals surface area (Å²) in [6, 6.07) is 8.11. The molecule has 0 atom stereocenters. The standard InChI is InChI=1S/C23H29N3O2S/c1-7-26-18(5)21(17(4)24-26)12-25(6)23(27)22-11-19(14-29-22)13-28-20-9-15(2)8-16(3)10-20/h8-11,14H,7,12-13H2,1-6H3. The predicted octanol–water partition coefficient (Wildman–Crippen LogP) is 5.05. The lowest BCUT2D eigenvalue weighted by Gasteiger charge is -2.16. The smallest absolute Gasteiger partial charge is 0.263 e.